The SMILES string of the molecule is COC1CCN(c2cc(NC(=O)N(C)c3ccc(CN4CCN(C)CC4=O)c(C=O)n3)ncc2C#N)C1. The Hall–Kier alpha value is -4.08. The summed E-state index contributed by atoms with van der Waals surface area (Å²) < 4.78 is 5.42. The first-order chi connectivity index (χ1) is 17.8. The van der Waals surface area contributed by atoms with Crippen LogP contribution in [0, 0.1) is 11.3 Å². The zero-order valence-corrected chi connectivity index (χ0v) is 21.2. The standard InChI is InChI=1S/C25H30N8O4/c1-30-8-9-33(24(35)15-30)13-17-4-5-23(28-20(17)16-34)31(2)25(36)29-22-10-21(18(11-26)12-27-22)32-7-6-19(14-32)37-3/h4-5,10,12,16,19H,6-9,13-15H2,1-3H3,(H,27,29,36). The van der Waals surface area contributed by atoms with Gasteiger partial charge in [-0.2, -0.15) is 5.26 Å². The lowest BCUT2D eigenvalue weighted by atomic mass is 10.1. The van der Waals surface area contributed by atoms with Crippen molar-refractivity contribution in [2.24, 2.45) is 0 Å². The van der Waals surface area contributed by atoms with E-state index in [2.05, 4.69) is 21.4 Å². The van der Waals surface area contributed by atoms with E-state index in [1.807, 2.05) is 16.8 Å². The van der Waals surface area contributed by atoms with Crippen molar-refractivity contribution < 1.29 is 19.1 Å². The minimum absolute atomic E-state index is 0.00729. The van der Waals surface area contributed by atoms with Gasteiger partial charge in [0, 0.05) is 64.7 Å². The highest BCUT2D eigenvalue weighted by atomic mass is 16.5. The average Bonchev–Trinajstić information content (AvgIpc) is 3.39. The maximum atomic E-state index is 13.0. The lowest BCUT2D eigenvalue weighted by Crippen LogP contribution is -2.48. The summed E-state index contributed by atoms with van der Waals surface area (Å²) in [7, 11) is 5.08. The highest BCUT2D eigenvalue weighted by molar-refractivity contribution is 6.00. The Morgan fingerprint density at radius 2 is 2.16 bits per heavy atom. The third-order valence-electron chi connectivity index (χ3n) is 6.68. The molecule has 0 aliphatic carbocycles. The molecule has 2 aliphatic rings. The number of piperazine rings is 1. The van der Waals surface area contributed by atoms with Gasteiger partial charge in [0.2, 0.25) is 5.91 Å². The van der Waals surface area contributed by atoms with Crippen molar-refractivity contribution in [2.75, 3.05) is 69.0 Å². The molecule has 37 heavy (non-hydrogen) atoms. The number of ether oxygens (including phenoxy) is 1. The van der Waals surface area contributed by atoms with Crippen LogP contribution < -0.4 is 15.1 Å². The van der Waals surface area contributed by atoms with Crippen LogP contribution in [-0.2, 0) is 16.1 Å². The van der Waals surface area contributed by atoms with Crippen molar-refractivity contribution in [3.8, 4) is 6.07 Å². The maximum absolute atomic E-state index is 13.0. The maximum Gasteiger partial charge on any atom is 0.328 e. The number of methoxy groups -OCH3 is 1. The van der Waals surface area contributed by atoms with Gasteiger partial charge in [-0.05, 0) is 19.5 Å². The number of anilines is 3. The van der Waals surface area contributed by atoms with Gasteiger partial charge < -0.3 is 14.5 Å². The van der Waals surface area contributed by atoms with E-state index in [-0.39, 0.29) is 35.9 Å². The molecule has 0 aromatic carbocycles. The summed E-state index contributed by atoms with van der Waals surface area (Å²) in [4.78, 5) is 52.5. The number of urea groups is 1. The Labute approximate surface area is 215 Å². The summed E-state index contributed by atoms with van der Waals surface area (Å²) in [5.41, 5.74) is 1.88. The van der Waals surface area contributed by atoms with Crippen LogP contribution in [0.4, 0.5) is 22.1 Å². The number of amides is 3. The first-order valence-electron chi connectivity index (χ1n) is 12.0. The summed E-state index contributed by atoms with van der Waals surface area (Å²) in [5.74, 6) is 0.545. The molecule has 3 amide bonds. The second-order valence-electron chi connectivity index (χ2n) is 9.16. The Morgan fingerprint density at radius 1 is 1.35 bits per heavy atom. The van der Waals surface area contributed by atoms with Crippen LogP contribution in [-0.4, -0.2) is 98.0 Å². The van der Waals surface area contributed by atoms with Gasteiger partial charge in [0.1, 0.15) is 23.4 Å². The number of pyridine rings is 2. The highest BCUT2D eigenvalue weighted by Crippen LogP contribution is 2.27. The van der Waals surface area contributed by atoms with E-state index in [4.69, 9.17) is 4.74 Å². The summed E-state index contributed by atoms with van der Waals surface area (Å²) in [5, 5.41) is 12.2. The first-order valence-corrected chi connectivity index (χ1v) is 12.0. The molecule has 1 atom stereocenters. The van der Waals surface area contributed by atoms with Crippen LogP contribution in [0.25, 0.3) is 0 Å². The molecule has 194 valence electrons. The number of likely N-dealkylation sites (N-methyl/N-ethyl adjacent to an activating group) is 1. The molecule has 2 aromatic rings. The van der Waals surface area contributed by atoms with Gasteiger partial charge in [-0.3, -0.25) is 24.7 Å². The number of nitriles is 1. The Balaban J connectivity index is 1.46. The topological polar surface area (TPSA) is 135 Å². The molecule has 4 heterocycles. The number of rotatable bonds is 7. The second kappa shape index (κ2) is 11.3. The Kier molecular flexibility index (Phi) is 7.95. The van der Waals surface area contributed by atoms with Crippen LogP contribution in [0.1, 0.15) is 28.0 Å². The van der Waals surface area contributed by atoms with E-state index < -0.39 is 6.03 Å². The van der Waals surface area contributed by atoms with E-state index in [0.29, 0.717) is 42.7 Å². The molecule has 0 saturated carbocycles. The number of aldehydes is 1. The number of carbonyl (C=O) groups is 3. The van der Waals surface area contributed by atoms with Crippen molar-refractivity contribution in [3.63, 3.8) is 0 Å². The van der Waals surface area contributed by atoms with Crippen LogP contribution in [0.3, 0.4) is 0 Å². The van der Waals surface area contributed by atoms with Crippen molar-refractivity contribution in [2.45, 2.75) is 19.1 Å². The number of hydrogen-bond donors (Lipinski definition) is 1. The molecule has 0 bridgehead atoms. The molecule has 12 heteroatoms. The Morgan fingerprint density at radius 3 is 2.84 bits per heavy atom. The Bertz CT molecular complexity index is 1230. The van der Waals surface area contributed by atoms with Gasteiger partial charge in [0.05, 0.1) is 23.9 Å². The third kappa shape index (κ3) is 5.84. The second-order valence-corrected chi connectivity index (χ2v) is 9.16. The van der Waals surface area contributed by atoms with Crippen LogP contribution in [0.5, 0.6) is 0 Å². The molecular formula is C25H30N8O4. The third-order valence-corrected chi connectivity index (χ3v) is 6.68. The number of aromatic nitrogens is 2. The van der Waals surface area contributed by atoms with Crippen molar-refractivity contribution in [1.82, 2.24) is 19.8 Å². The zero-order chi connectivity index (χ0) is 26.5. The molecule has 4 rings (SSSR count). The molecule has 2 fully saturated rings. The zero-order valence-electron chi connectivity index (χ0n) is 21.2. The molecule has 2 aromatic heterocycles. The average molecular weight is 507 g/mol. The van der Waals surface area contributed by atoms with Gasteiger partial charge in [0.15, 0.2) is 6.29 Å². The minimum Gasteiger partial charge on any atom is -0.380 e. The molecule has 2 saturated heterocycles. The molecule has 1 N–H and O–H groups in total. The molecule has 0 spiro atoms. The van der Waals surface area contributed by atoms with Crippen molar-refractivity contribution in [1.29, 1.82) is 5.26 Å². The molecule has 1 unspecified atom stereocenters. The molecule has 2 aliphatic heterocycles. The predicted octanol–water partition coefficient (Wildman–Crippen LogP) is 1.33. The van der Waals surface area contributed by atoms with Gasteiger partial charge in [-0.1, -0.05) is 6.07 Å². The van der Waals surface area contributed by atoms with E-state index in [0.717, 1.165) is 19.5 Å². The van der Waals surface area contributed by atoms with Crippen molar-refractivity contribution in [3.05, 3.63) is 41.2 Å². The van der Waals surface area contributed by atoms with Gasteiger partial charge in [0.25, 0.3) is 0 Å². The molecule has 0 radical (unpaired) electrons. The number of nitrogens with one attached hydrogen (secondary N) is 1. The van der Waals surface area contributed by atoms with Crippen LogP contribution >= 0.6 is 0 Å². The van der Waals surface area contributed by atoms with Gasteiger partial charge >= 0.3 is 6.03 Å². The summed E-state index contributed by atoms with van der Waals surface area (Å²) in [6, 6.07) is 6.65. The fourth-order valence-corrected chi connectivity index (χ4v) is 4.41. The number of carbonyl (C=O) groups excluding carboxylic acids is 3. The summed E-state index contributed by atoms with van der Waals surface area (Å²) in [6.45, 7) is 3.32. The van der Waals surface area contributed by atoms with E-state index in [1.165, 1.54) is 18.1 Å². The van der Waals surface area contributed by atoms with Gasteiger partial charge in [-0.15, -0.1) is 0 Å². The molecular weight excluding hydrogens is 476 g/mol. The minimum atomic E-state index is -0.509. The normalized spacial score (nSPS) is 18.0. The number of hydrogen-bond acceptors (Lipinski definition) is 9. The fourth-order valence-electron chi connectivity index (χ4n) is 4.41. The van der Waals surface area contributed by atoms with E-state index in [1.54, 1.807) is 30.2 Å². The van der Waals surface area contributed by atoms with Crippen LogP contribution in [0.2, 0.25) is 0 Å². The summed E-state index contributed by atoms with van der Waals surface area (Å²) in [6.07, 6.45) is 2.99. The smallest absolute Gasteiger partial charge is 0.328 e. The first kappa shape index (κ1) is 26.0. The highest BCUT2D eigenvalue weighted by Gasteiger charge is 2.26. The number of nitrogens with zero attached hydrogens (tertiary/aromatic N) is 7. The lowest BCUT2D eigenvalue weighted by Gasteiger charge is -2.32. The van der Waals surface area contributed by atoms with E-state index >= 15 is 0 Å². The quantitative estimate of drug-likeness (QED) is 0.552. The lowest BCUT2D eigenvalue weighted by molar-refractivity contribution is -0.136. The largest absolute Gasteiger partial charge is 0.380 e. The molecule has 12 nitrogen and oxygen atoms in total. The summed E-state index contributed by atoms with van der Waals surface area (Å²) >= 11 is 0. The predicted molar refractivity (Wildman–Crippen MR) is 137 cm³/mol. The van der Waals surface area contributed by atoms with Gasteiger partial charge in [-0.25, -0.2) is 14.8 Å². The van der Waals surface area contributed by atoms with Crippen LogP contribution in [0.15, 0.2) is 24.4 Å². The fraction of sp³-hybridized carbons (Fsp3) is 0.440. The van der Waals surface area contributed by atoms with E-state index in [9.17, 15) is 19.6 Å². The monoisotopic (exact) mass is 506 g/mol. The van der Waals surface area contributed by atoms with Crippen molar-refractivity contribution >= 4 is 35.5 Å².